The fraction of sp³-hybridized carbons (Fsp3) is 0.500. The van der Waals surface area contributed by atoms with Gasteiger partial charge in [-0.3, -0.25) is 4.99 Å². The summed E-state index contributed by atoms with van der Waals surface area (Å²) in [7, 11) is 1.88. The third-order valence-corrected chi connectivity index (χ3v) is 7.47. The summed E-state index contributed by atoms with van der Waals surface area (Å²) in [6, 6.07) is 8.17. The Balaban J connectivity index is 2.09. The van der Waals surface area contributed by atoms with E-state index in [1.807, 2.05) is 31.0 Å². The van der Waals surface area contributed by atoms with Crippen molar-refractivity contribution in [1.82, 2.24) is 4.90 Å². The molecule has 37 heavy (non-hydrogen) atoms. The first-order chi connectivity index (χ1) is 17.7. The second-order valence-electron chi connectivity index (χ2n) is 10.5. The van der Waals surface area contributed by atoms with Gasteiger partial charge in [-0.2, -0.15) is 0 Å². The van der Waals surface area contributed by atoms with Crippen molar-refractivity contribution < 1.29 is 9.53 Å². The maximum absolute atomic E-state index is 12.4. The molecule has 0 bridgehead atoms. The van der Waals surface area contributed by atoms with Gasteiger partial charge in [0.25, 0.3) is 0 Å². The zero-order chi connectivity index (χ0) is 27.1. The number of allylic oxidation sites excluding steroid dienone is 6. The lowest BCUT2D eigenvalue weighted by atomic mass is 9.81. The van der Waals surface area contributed by atoms with Gasteiger partial charge >= 0.3 is 6.09 Å². The van der Waals surface area contributed by atoms with E-state index in [-0.39, 0.29) is 17.9 Å². The second kappa shape index (κ2) is 13.3. The average Bonchev–Trinajstić information content (AvgIpc) is 3.68. The van der Waals surface area contributed by atoms with E-state index in [1.165, 1.54) is 40.7 Å². The van der Waals surface area contributed by atoms with Gasteiger partial charge < -0.3 is 9.64 Å². The average molecular weight is 523 g/mol. The van der Waals surface area contributed by atoms with E-state index in [2.05, 4.69) is 63.6 Å². The smallest absolute Gasteiger partial charge is 0.409 e. The van der Waals surface area contributed by atoms with Crippen LogP contribution in [0.25, 0.3) is 0 Å². The number of halogens is 1. The molecule has 1 aromatic rings. The number of carbonyl (C=O) groups excluding carboxylic acids is 1. The Hall–Kier alpha value is -2.59. The van der Waals surface area contributed by atoms with E-state index in [0.29, 0.717) is 25.6 Å². The fourth-order valence-electron chi connectivity index (χ4n) is 5.21. The van der Waals surface area contributed by atoms with Gasteiger partial charge in [0.2, 0.25) is 0 Å². The normalized spacial score (nSPS) is 22.3. The molecular weight excluding hydrogens is 480 g/mol. The van der Waals surface area contributed by atoms with E-state index in [0.717, 1.165) is 29.1 Å². The Morgan fingerprint density at radius 3 is 2.51 bits per heavy atom. The fourth-order valence-corrected chi connectivity index (χ4v) is 5.34. The number of ether oxygens (including phenoxy) is 1. The van der Waals surface area contributed by atoms with Gasteiger partial charge in [0.15, 0.2) is 0 Å². The number of nitrogens with zero attached hydrogens (tertiary/aromatic N) is 2. The lowest BCUT2D eigenvalue weighted by molar-refractivity contribution is 0.103. The van der Waals surface area contributed by atoms with Crippen LogP contribution in [0.15, 0.2) is 75.9 Å². The molecule has 2 atom stereocenters. The number of carbonyl (C=O) groups is 1. The summed E-state index contributed by atoms with van der Waals surface area (Å²) in [4.78, 5) is 18.9. The molecule has 1 aromatic carbocycles. The van der Waals surface area contributed by atoms with Crippen LogP contribution >= 0.6 is 11.6 Å². The van der Waals surface area contributed by atoms with Crippen LogP contribution in [0.1, 0.15) is 71.8 Å². The molecule has 2 aliphatic rings. The summed E-state index contributed by atoms with van der Waals surface area (Å²) in [6.45, 7) is 16.7. The van der Waals surface area contributed by atoms with Crippen molar-refractivity contribution >= 4 is 23.4 Å². The molecule has 0 N–H and O–H groups in total. The molecule has 0 aromatic heterocycles. The topological polar surface area (TPSA) is 41.9 Å². The Bertz CT molecular complexity index is 1110. The highest BCUT2D eigenvalue weighted by atomic mass is 35.5. The summed E-state index contributed by atoms with van der Waals surface area (Å²) < 4.78 is 5.28. The minimum Gasteiger partial charge on any atom is -0.450 e. The molecule has 1 amide bonds. The van der Waals surface area contributed by atoms with E-state index in [9.17, 15) is 4.79 Å². The molecule has 4 nitrogen and oxygen atoms in total. The summed E-state index contributed by atoms with van der Waals surface area (Å²) in [5.74, 6) is 1.000. The monoisotopic (exact) mass is 522 g/mol. The summed E-state index contributed by atoms with van der Waals surface area (Å²) >= 11 is 6.15. The van der Waals surface area contributed by atoms with Crippen molar-refractivity contribution in [3.05, 3.63) is 81.4 Å². The molecule has 0 saturated heterocycles. The first-order valence-corrected chi connectivity index (χ1v) is 14.0. The van der Waals surface area contributed by atoms with Gasteiger partial charge in [0.1, 0.15) is 0 Å². The SMILES string of the molecule is C=C(C)C(/C1=C\[C@@H](C)CN(C(=O)OCC)CCC1)=C(C(=C\C(C)c1ccc(Cl)cc1)/C1CC1)\C(C)=N/C. The zero-order valence-corrected chi connectivity index (χ0v) is 24.2. The number of amides is 1. The summed E-state index contributed by atoms with van der Waals surface area (Å²) in [5, 5.41) is 0.758. The van der Waals surface area contributed by atoms with Crippen molar-refractivity contribution in [1.29, 1.82) is 0 Å². The molecule has 1 aliphatic heterocycles. The van der Waals surface area contributed by atoms with Crippen molar-refractivity contribution in [2.75, 3.05) is 26.7 Å². The lowest BCUT2D eigenvalue weighted by Crippen LogP contribution is -2.36. The van der Waals surface area contributed by atoms with Gasteiger partial charge in [-0.1, -0.05) is 61.9 Å². The predicted molar refractivity (Wildman–Crippen MR) is 157 cm³/mol. The van der Waals surface area contributed by atoms with Crippen LogP contribution in [-0.2, 0) is 4.74 Å². The Labute approximate surface area is 228 Å². The molecule has 200 valence electrons. The first-order valence-electron chi connectivity index (χ1n) is 13.6. The number of aliphatic imine (C=N–C) groups is 1. The highest BCUT2D eigenvalue weighted by Gasteiger charge is 2.32. The maximum atomic E-state index is 12.4. The van der Waals surface area contributed by atoms with E-state index in [1.54, 1.807) is 0 Å². The van der Waals surface area contributed by atoms with Crippen LogP contribution in [0.3, 0.4) is 0 Å². The van der Waals surface area contributed by atoms with Crippen LogP contribution < -0.4 is 0 Å². The van der Waals surface area contributed by atoms with Crippen molar-refractivity contribution in [3.63, 3.8) is 0 Å². The Kier molecular flexibility index (Phi) is 10.4. The van der Waals surface area contributed by atoms with Crippen LogP contribution in [0.2, 0.25) is 5.02 Å². The summed E-state index contributed by atoms with van der Waals surface area (Å²) in [6.07, 6.45) is 8.72. The number of rotatable bonds is 8. The number of hydrogen-bond donors (Lipinski definition) is 0. The Morgan fingerprint density at radius 2 is 1.95 bits per heavy atom. The largest absolute Gasteiger partial charge is 0.450 e. The van der Waals surface area contributed by atoms with Gasteiger partial charge in [-0.25, -0.2) is 4.79 Å². The van der Waals surface area contributed by atoms with E-state index < -0.39 is 0 Å². The van der Waals surface area contributed by atoms with Crippen LogP contribution in [0.4, 0.5) is 4.79 Å². The molecule has 0 spiro atoms. The predicted octanol–water partition coefficient (Wildman–Crippen LogP) is 8.56. The van der Waals surface area contributed by atoms with Crippen molar-refractivity contribution in [2.24, 2.45) is 16.8 Å². The van der Waals surface area contributed by atoms with E-state index in [4.69, 9.17) is 16.3 Å². The molecule has 1 unspecified atom stereocenters. The molecule has 1 aliphatic carbocycles. The quantitative estimate of drug-likeness (QED) is 0.253. The third-order valence-electron chi connectivity index (χ3n) is 7.22. The van der Waals surface area contributed by atoms with Gasteiger partial charge in [-0.05, 0) is 98.6 Å². The van der Waals surface area contributed by atoms with E-state index >= 15 is 0 Å². The number of hydrogen-bond acceptors (Lipinski definition) is 3. The van der Waals surface area contributed by atoms with Crippen LogP contribution in [0, 0.1) is 11.8 Å². The highest BCUT2D eigenvalue weighted by Crippen LogP contribution is 2.45. The highest BCUT2D eigenvalue weighted by molar-refractivity contribution is 6.30. The van der Waals surface area contributed by atoms with Gasteiger partial charge in [0.05, 0.1) is 6.61 Å². The lowest BCUT2D eigenvalue weighted by Gasteiger charge is -2.29. The van der Waals surface area contributed by atoms with Crippen LogP contribution in [0.5, 0.6) is 0 Å². The van der Waals surface area contributed by atoms with Crippen molar-refractivity contribution in [2.45, 2.75) is 66.2 Å². The zero-order valence-electron chi connectivity index (χ0n) is 23.4. The molecular formula is C32H43ClN2O2. The summed E-state index contributed by atoms with van der Waals surface area (Å²) in [5.41, 5.74) is 8.51. The molecule has 1 heterocycles. The van der Waals surface area contributed by atoms with Crippen molar-refractivity contribution in [3.8, 4) is 0 Å². The molecule has 5 heteroatoms. The van der Waals surface area contributed by atoms with Gasteiger partial charge in [0, 0.05) is 36.4 Å². The maximum Gasteiger partial charge on any atom is 0.409 e. The van der Waals surface area contributed by atoms with Gasteiger partial charge in [-0.15, -0.1) is 0 Å². The molecule has 1 fully saturated rings. The molecule has 1 saturated carbocycles. The second-order valence-corrected chi connectivity index (χ2v) is 10.9. The van der Waals surface area contributed by atoms with Crippen LogP contribution in [-0.4, -0.2) is 43.4 Å². The third kappa shape index (κ3) is 7.70. The minimum atomic E-state index is -0.216. The number of benzene rings is 1. The molecule has 3 rings (SSSR count). The standard InChI is InChI=1S/C32H43ClN2O2/c1-8-37-32(36)35-17-9-10-27(18-22(4)20-35)30(21(2)3)31(24(6)34-7)29(26-11-12-26)19-23(5)25-13-15-28(33)16-14-25/h13-16,18-19,22-23,26H,2,8-12,17,20H2,1,3-7H3/b27-18-,29-19-,31-30-,34-24-/t22-,23?/m1/s1. The first kappa shape index (κ1) is 29.0. The molecule has 0 radical (unpaired) electrons. The Morgan fingerprint density at radius 1 is 1.27 bits per heavy atom. The minimum absolute atomic E-state index is 0.204.